The van der Waals surface area contributed by atoms with Crippen LogP contribution in [-0.4, -0.2) is 21.3 Å². The summed E-state index contributed by atoms with van der Waals surface area (Å²) in [6, 6.07) is 8.37. The van der Waals surface area contributed by atoms with Crippen molar-refractivity contribution in [1.82, 2.24) is 0 Å². The van der Waals surface area contributed by atoms with E-state index in [-0.39, 0.29) is 11.5 Å². The van der Waals surface area contributed by atoms with Crippen molar-refractivity contribution in [3.8, 4) is 11.5 Å². The molecule has 5 heteroatoms. The molecule has 0 unspecified atom stereocenters. The summed E-state index contributed by atoms with van der Waals surface area (Å²) in [5.74, 6) is -0.954. The molecule has 0 fully saturated rings. The second-order valence-electron chi connectivity index (χ2n) is 3.98. The molecular weight excluding hydrogens is 264 g/mol. The Kier molecular flexibility index (Phi) is 3.66. The van der Waals surface area contributed by atoms with Gasteiger partial charge in [-0.05, 0) is 17.9 Å². The number of rotatable bonds is 3. The van der Waals surface area contributed by atoms with Gasteiger partial charge in [-0.15, -0.1) is 0 Å². The molecule has 0 heterocycles. The minimum Gasteiger partial charge on any atom is -0.507 e. The molecule has 2 aromatic carbocycles. The molecule has 4 nitrogen and oxygen atoms in total. The van der Waals surface area contributed by atoms with Crippen LogP contribution in [0.25, 0.3) is 10.8 Å². The topological polar surface area (TPSA) is 77.8 Å². The summed E-state index contributed by atoms with van der Waals surface area (Å²) < 4.78 is 0. The number of allylic oxidation sites excluding steroid dienone is 1. The number of benzene rings is 2. The van der Waals surface area contributed by atoms with Gasteiger partial charge in [0, 0.05) is 16.8 Å². The maximum atomic E-state index is 10.6. The van der Waals surface area contributed by atoms with Crippen LogP contribution in [0.15, 0.2) is 46.2 Å². The molecule has 3 N–H and O–H groups in total. The van der Waals surface area contributed by atoms with Gasteiger partial charge in [0.25, 0.3) is 0 Å². The first-order chi connectivity index (χ1) is 8.99. The second-order valence-corrected chi connectivity index (χ2v) is 5.27. The lowest BCUT2D eigenvalue weighted by Gasteiger charge is -2.09. The highest BCUT2D eigenvalue weighted by molar-refractivity contribution is 8.03. The van der Waals surface area contributed by atoms with Crippen LogP contribution in [0.5, 0.6) is 11.5 Å². The fraction of sp³-hybridized carbons (Fsp3) is 0.0714. The van der Waals surface area contributed by atoms with Crippen molar-refractivity contribution in [2.24, 2.45) is 0 Å². The molecule has 19 heavy (non-hydrogen) atoms. The van der Waals surface area contributed by atoms with Gasteiger partial charge in [0.2, 0.25) is 0 Å². The Morgan fingerprint density at radius 1 is 1.21 bits per heavy atom. The number of hydrogen-bond donors (Lipinski definition) is 3. The fourth-order valence-electron chi connectivity index (χ4n) is 1.77. The number of aliphatic carboxylic acids is 1. The van der Waals surface area contributed by atoms with E-state index in [1.807, 2.05) is 0 Å². The molecule has 0 aliphatic carbocycles. The summed E-state index contributed by atoms with van der Waals surface area (Å²) in [5, 5.41) is 29.8. The van der Waals surface area contributed by atoms with E-state index in [4.69, 9.17) is 5.11 Å². The standard InChI is InChI=1S/C14H12O4S/c1-8(6-13(16)17)19-12-7-11(15)9-4-2-3-5-10(9)14(12)18/h2-7,15,18H,1H3,(H,16,17)/b8-6-. The van der Waals surface area contributed by atoms with Crippen molar-refractivity contribution in [2.75, 3.05) is 0 Å². The number of hydrogen-bond acceptors (Lipinski definition) is 4. The predicted molar refractivity (Wildman–Crippen MR) is 74.5 cm³/mol. The highest BCUT2D eigenvalue weighted by Gasteiger charge is 2.11. The Morgan fingerprint density at radius 2 is 1.84 bits per heavy atom. The molecule has 0 aliphatic heterocycles. The Labute approximate surface area is 114 Å². The van der Waals surface area contributed by atoms with E-state index in [0.717, 1.165) is 17.8 Å². The van der Waals surface area contributed by atoms with E-state index in [9.17, 15) is 15.0 Å². The van der Waals surface area contributed by atoms with E-state index in [1.165, 1.54) is 6.07 Å². The number of carboxylic acid groups (broad SMARTS) is 1. The smallest absolute Gasteiger partial charge is 0.329 e. The van der Waals surface area contributed by atoms with Gasteiger partial charge in [0.15, 0.2) is 0 Å². The molecule has 0 saturated heterocycles. The number of phenolic OH excluding ortho intramolecular Hbond substituents is 2. The molecule has 0 bridgehead atoms. The van der Waals surface area contributed by atoms with Crippen molar-refractivity contribution in [3.63, 3.8) is 0 Å². The van der Waals surface area contributed by atoms with Crippen LogP contribution in [0.1, 0.15) is 6.92 Å². The first kappa shape index (κ1) is 13.3. The molecule has 0 amide bonds. The Bertz CT molecular complexity index is 676. The quantitative estimate of drug-likeness (QED) is 0.455. The van der Waals surface area contributed by atoms with E-state index in [2.05, 4.69) is 0 Å². The number of thioether (sulfide) groups is 1. The van der Waals surface area contributed by atoms with Gasteiger partial charge in [-0.25, -0.2) is 4.79 Å². The zero-order valence-electron chi connectivity index (χ0n) is 10.1. The van der Waals surface area contributed by atoms with Crippen molar-refractivity contribution < 1.29 is 20.1 Å². The zero-order valence-corrected chi connectivity index (χ0v) is 10.9. The number of phenols is 2. The third-order valence-electron chi connectivity index (χ3n) is 2.56. The molecule has 0 aromatic heterocycles. The first-order valence-corrected chi connectivity index (χ1v) is 6.33. The summed E-state index contributed by atoms with van der Waals surface area (Å²) in [5.41, 5.74) is 0. The normalized spacial score (nSPS) is 11.7. The van der Waals surface area contributed by atoms with Gasteiger partial charge in [-0.2, -0.15) is 0 Å². The molecule has 0 radical (unpaired) electrons. The third-order valence-corrected chi connectivity index (χ3v) is 3.53. The zero-order chi connectivity index (χ0) is 14.0. The summed E-state index contributed by atoms with van der Waals surface area (Å²) in [7, 11) is 0. The molecule has 0 atom stereocenters. The average Bonchev–Trinajstić information content (AvgIpc) is 2.34. The van der Waals surface area contributed by atoms with Crippen LogP contribution in [0.4, 0.5) is 0 Å². The van der Waals surface area contributed by atoms with Crippen LogP contribution < -0.4 is 0 Å². The highest BCUT2D eigenvalue weighted by atomic mass is 32.2. The van der Waals surface area contributed by atoms with E-state index in [0.29, 0.717) is 20.6 Å². The van der Waals surface area contributed by atoms with Crippen LogP contribution in [0.2, 0.25) is 0 Å². The van der Waals surface area contributed by atoms with Crippen molar-refractivity contribution in [3.05, 3.63) is 41.3 Å². The van der Waals surface area contributed by atoms with Crippen LogP contribution in [-0.2, 0) is 4.79 Å². The third kappa shape index (κ3) is 2.82. The maximum Gasteiger partial charge on any atom is 0.329 e. The molecule has 98 valence electrons. The number of carbonyl (C=O) groups is 1. The minimum atomic E-state index is -1.05. The lowest BCUT2D eigenvalue weighted by Crippen LogP contribution is -1.88. The Balaban J connectivity index is 2.51. The molecular formula is C14H12O4S. The van der Waals surface area contributed by atoms with Crippen molar-refractivity contribution in [1.29, 1.82) is 0 Å². The predicted octanol–water partition coefficient (Wildman–Crippen LogP) is 3.33. The van der Waals surface area contributed by atoms with Gasteiger partial charge < -0.3 is 15.3 Å². The van der Waals surface area contributed by atoms with E-state index >= 15 is 0 Å². The summed E-state index contributed by atoms with van der Waals surface area (Å²) in [6.07, 6.45) is 1.05. The lowest BCUT2D eigenvalue weighted by molar-refractivity contribution is -0.131. The molecule has 2 aromatic rings. The van der Waals surface area contributed by atoms with Gasteiger partial charge in [-0.3, -0.25) is 0 Å². The fourth-order valence-corrected chi connectivity index (χ4v) is 2.65. The van der Waals surface area contributed by atoms with Gasteiger partial charge in [-0.1, -0.05) is 36.0 Å². The molecule has 0 saturated carbocycles. The maximum absolute atomic E-state index is 10.6. The monoisotopic (exact) mass is 276 g/mol. The van der Waals surface area contributed by atoms with E-state index < -0.39 is 5.97 Å². The highest BCUT2D eigenvalue weighted by Crippen LogP contribution is 2.42. The SMILES string of the molecule is C/C(=C/C(=O)O)Sc1cc(O)c2ccccc2c1O. The number of fused-ring (bicyclic) bond motifs is 1. The van der Waals surface area contributed by atoms with Crippen LogP contribution >= 0.6 is 11.8 Å². The molecule has 0 aliphatic rings. The lowest BCUT2D eigenvalue weighted by atomic mass is 10.1. The van der Waals surface area contributed by atoms with Gasteiger partial charge in [0.05, 0.1) is 4.90 Å². The second kappa shape index (κ2) is 5.24. The van der Waals surface area contributed by atoms with Gasteiger partial charge >= 0.3 is 5.97 Å². The summed E-state index contributed by atoms with van der Waals surface area (Å²) >= 11 is 1.10. The number of carboxylic acids is 1. The molecule has 0 spiro atoms. The summed E-state index contributed by atoms with van der Waals surface area (Å²) in [4.78, 5) is 11.5. The molecule has 2 rings (SSSR count). The van der Waals surface area contributed by atoms with Crippen molar-refractivity contribution in [2.45, 2.75) is 11.8 Å². The Hall–Kier alpha value is -2.14. The number of aromatic hydroxyl groups is 2. The van der Waals surface area contributed by atoms with Crippen LogP contribution in [0.3, 0.4) is 0 Å². The summed E-state index contributed by atoms with van der Waals surface area (Å²) in [6.45, 7) is 1.63. The van der Waals surface area contributed by atoms with Crippen molar-refractivity contribution >= 4 is 28.5 Å². The first-order valence-electron chi connectivity index (χ1n) is 5.52. The average molecular weight is 276 g/mol. The minimum absolute atomic E-state index is 0.0385. The Morgan fingerprint density at radius 3 is 2.47 bits per heavy atom. The van der Waals surface area contributed by atoms with Crippen LogP contribution in [0, 0.1) is 0 Å². The van der Waals surface area contributed by atoms with Gasteiger partial charge in [0.1, 0.15) is 11.5 Å². The largest absolute Gasteiger partial charge is 0.507 e. The van der Waals surface area contributed by atoms with E-state index in [1.54, 1.807) is 31.2 Å².